The highest BCUT2D eigenvalue weighted by Gasteiger charge is 2.33. The Morgan fingerprint density at radius 2 is 1.73 bits per heavy atom. The van der Waals surface area contributed by atoms with Gasteiger partial charge in [0.15, 0.2) is 0 Å². The third-order valence-corrected chi connectivity index (χ3v) is 4.65. The first-order valence-electron chi connectivity index (χ1n) is 8.53. The van der Waals surface area contributed by atoms with E-state index in [4.69, 9.17) is 0 Å². The smallest absolute Gasteiger partial charge is 0.337 e. The van der Waals surface area contributed by atoms with Gasteiger partial charge >= 0.3 is 6.18 Å². The summed E-state index contributed by atoms with van der Waals surface area (Å²) >= 11 is 0. The number of benzene rings is 2. The van der Waals surface area contributed by atoms with Gasteiger partial charge in [-0.2, -0.15) is 13.2 Å². The standard InChI is InChI=1S/C20H21F3N2O/c1-24(12-17-8-4-5-9-18(17)20(21,22)23)14-19(26)25-11-10-15-6-2-3-7-16(15)13-25/h2-9H,10-14H2,1H3. The summed E-state index contributed by atoms with van der Waals surface area (Å²) in [7, 11) is 1.67. The van der Waals surface area contributed by atoms with Crippen molar-refractivity contribution < 1.29 is 18.0 Å². The zero-order valence-electron chi connectivity index (χ0n) is 14.6. The average molecular weight is 362 g/mol. The number of rotatable bonds is 4. The Kier molecular flexibility index (Phi) is 5.32. The van der Waals surface area contributed by atoms with Gasteiger partial charge in [0.2, 0.25) is 5.91 Å². The predicted octanol–water partition coefficient (Wildman–Crippen LogP) is 3.72. The van der Waals surface area contributed by atoms with Gasteiger partial charge < -0.3 is 4.90 Å². The molecule has 26 heavy (non-hydrogen) atoms. The molecule has 1 aliphatic heterocycles. The number of amides is 1. The molecule has 6 heteroatoms. The van der Waals surface area contributed by atoms with Crippen molar-refractivity contribution in [3.05, 3.63) is 70.8 Å². The van der Waals surface area contributed by atoms with E-state index in [9.17, 15) is 18.0 Å². The molecule has 138 valence electrons. The monoisotopic (exact) mass is 362 g/mol. The number of hydrogen-bond acceptors (Lipinski definition) is 2. The molecule has 0 radical (unpaired) electrons. The molecule has 2 aromatic carbocycles. The molecule has 2 aromatic rings. The molecule has 0 saturated carbocycles. The molecule has 1 amide bonds. The lowest BCUT2D eigenvalue weighted by Crippen LogP contribution is -2.41. The lowest BCUT2D eigenvalue weighted by Gasteiger charge is -2.30. The van der Waals surface area contributed by atoms with Crippen LogP contribution in [0.4, 0.5) is 13.2 Å². The van der Waals surface area contributed by atoms with Crippen molar-refractivity contribution in [1.29, 1.82) is 0 Å². The lowest BCUT2D eigenvalue weighted by molar-refractivity contribution is -0.138. The Morgan fingerprint density at radius 3 is 2.46 bits per heavy atom. The molecular weight excluding hydrogens is 341 g/mol. The van der Waals surface area contributed by atoms with E-state index in [0.717, 1.165) is 18.1 Å². The third-order valence-electron chi connectivity index (χ3n) is 4.65. The first kappa shape index (κ1) is 18.5. The average Bonchev–Trinajstić information content (AvgIpc) is 2.60. The topological polar surface area (TPSA) is 23.6 Å². The minimum Gasteiger partial charge on any atom is -0.337 e. The number of halogens is 3. The molecular formula is C20H21F3N2O. The summed E-state index contributed by atoms with van der Waals surface area (Å²) in [5.74, 6) is -0.0634. The predicted molar refractivity (Wildman–Crippen MR) is 93.3 cm³/mol. The third kappa shape index (κ3) is 4.25. The lowest BCUT2D eigenvalue weighted by atomic mass is 10.00. The normalized spacial score (nSPS) is 14.4. The zero-order chi connectivity index (χ0) is 18.7. The number of hydrogen-bond donors (Lipinski definition) is 0. The van der Waals surface area contributed by atoms with Crippen LogP contribution in [0.5, 0.6) is 0 Å². The van der Waals surface area contributed by atoms with Gasteiger partial charge in [-0.1, -0.05) is 42.5 Å². The Hall–Kier alpha value is -2.34. The number of fused-ring (bicyclic) bond motifs is 1. The molecule has 0 spiro atoms. The minimum absolute atomic E-state index is 0.0634. The fourth-order valence-electron chi connectivity index (χ4n) is 3.32. The first-order chi connectivity index (χ1) is 12.3. The van der Waals surface area contributed by atoms with Crippen LogP contribution in [-0.2, 0) is 30.5 Å². The van der Waals surface area contributed by atoms with Gasteiger partial charge in [0.25, 0.3) is 0 Å². The van der Waals surface area contributed by atoms with Crippen LogP contribution in [0, 0.1) is 0 Å². The summed E-state index contributed by atoms with van der Waals surface area (Å²) in [5.41, 5.74) is 1.92. The molecule has 0 aliphatic carbocycles. The van der Waals surface area contributed by atoms with E-state index in [1.54, 1.807) is 22.9 Å². The van der Waals surface area contributed by atoms with E-state index in [0.29, 0.717) is 13.1 Å². The highest BCUT2D eigenvalue weighted by Crippen LogP contribution is 2.32. The van der Waals surface area contributed by atoms with Gasteiger partial charge in [-0.15, -0.1) is 0 Å². The van der Waals surface area contributed by atoms with Crippen molar-refractivity contribution in [3.63, 3.8) is 0 Å². The maximum Gasteiger partial charge on any atom is 0.416 e. The van der Waals surface area contributed by atoms with Crippen LogP contribution >= 0.6 is 0 Å². The van der Waals surface area contributed by atoms with Crippen molar-refractivity contribution >= 4 is 5.91 Å². The maximum atomic E-state index is 13.1. The molecule has 0 aromatic heterocycles. The summed E-state index contributed by atoms with van der Waals surface area (Å²) in [4.78, 5) is 16.0. The van der Waals surface area contributed by atoms with E-state index in [-0.39, 0.29) is 24.6 Å². The maximum absolute atomic E-state index is 13.1. The minimum atomic E-state index is -4.39. The fourth-order valence-corrected chi connectivity index (χ4v) is 3.32. The number of carbonyl (C=O) groups is 1. The van der Waals surface area contributed by atoms with Gasteiger partial charge in [-0.05, 0) is 36.2 Å². The second-order valence-corrected chi connectivity index (χ2v) is 6.66. The summed E-state index contributed by atoms with van der Waals surface area (Å²) in [6.07, 6.45) is -3.58. The Labute approximate surface area is 151 Å². The quantitative estimate of drug-likeness (QED) is 0.828. The van der Waals surface area contributed by atoms with Crippen molar-refractivity contribution in [2.75, 3.05) is 20.1 Å². The van der Waals surface area contributed by atoms with E-state index in [1.165, 1.54) is 17.7 Å². The number of likely N-dealkylation sites (N-methyl/N-ethyl adjacent to an activating group) is 1. The zero-order valence-corrected chi connectivity index (χ0v) is 14.6. The fraction of sp³-hybridized carbons (Fsp3) is 0.350. The van der Waals surface area contributed by atoms with Crippen molar-refractivity contribution in [2.45, 2.75) is 25.7 Å². The molecule has 3 rings (SSSR count). The van der Waals surface area contributed by atoms with Gasteiger partial charge in [0, 0.05) is 19.6 Å². The summed E-state index contributed by atoms with van der Waals surface area (Å²) in [5, 5.41) is 0. The molecule has 1 aliphatic rings. The van der Waals surface area contributed by atoms with Crippen LogP contribution in [0.3, 0.4) is 0 Å². The largest absolute Gasteiger partial charge is 0.416 e. The highest BCUT2D eigenvalue weighted by molar-refractivity contribution is 5.78. The van der Waals surface area contributed by atoms with Gasteiger partial charge in [-0.25, -0.2) is 0 Å². The molecule has 0 bridgehead atoms. The van der Waals surface area contributed by atoms with Crippen molar-refractivity contribution in [1.82, 2.24) is 9.80 Å². The van der Waals surface area contributed by atoms with Gasteiger partial charge in [0.05, 0.1) is 12.1 Å². The molecule has 0 atom stereocenters. The Balaban J connectivity index is 1.63. The highest BCUT2D eigenvalue weighted by atomic mass is 19.4. The van der Waals surface area contributed by atoms with Gasteiger partial charge in [0.1, 0.15) is 0 Å². The number of carbonyl (C=O) groups excluding carboxylic acids is 1. The van der Waals surface area contributed by atoms with Crippen LogP contribution in [0.15, 0.2) is 48.5 Å². The Morgan fingerprint density at radius 1 is 1.08 bits per heavy atom. The number of alkyl halides is 3. The van der Waals surface area contributed by atoms with Crippen molar-refractivity contribution in [3.8, 4) is 0 Å². The van der Waals surface area contributed by atoms with E-state index < -0.39 is 11.7 Å². The van der Waals surface area contributed by atoms with Crippen molar-refractivity contribution in [2.24, 2.45) is 0 Å². The van der Waals surface area contributed by atoms with Crippen LogP contribution in [-0.4, -0.2) is 35.8 Å². The summed E-state index contributed by atoms with van der Waals surface area (Å²) in [6.45, 7) is 1.37. The summed E-state index contributed by atoms with van der Waals surface area (Å²) in [6, 6.07) is 13.5. The molecule has 1 heterocycles. The molecule has 0 unspecified atom stereocenters. The van der Waals surface area contributed by atoms with E-state index in [1.807, 2.05) is 18.2 Å². The SMILES string of the molecule is CN(CC(=O)N1CCc2ccccc2C1)Cc1ccccc1C(F)(F)F. The number of nitrogens with zero attached hydrogens (tertiary/aromatic N) is 2. The Bertz CT molecular complexity index is 789. The van der Waals surface area contributed by atoms with E-state index >= 15 is 0 Å². The first-order valence-corrected chi connectivity index (χ1v) is 8.53. The molecule has 0 fully saturated rings. The molecule has 3 nitrogen and oxygen atoms in total. The second kappa shape index (κ2) is 7.50. The van der Waals surface area contributed by atoms with Crippen LogP contribution in [0.2, 0.25) is 0 Å². The van der Waals surface area contributed by atoms with E-state index in [2.05, 4.69) is 6.07 Å². The van der Waals surface area contributed by atoms with Crippen LogP contribution < -0.4 is 0 Å². The molecule has 0 N–H and O–H groups in total. The van der Waals surface area contributed by atoms with Crippen LogP contribution in [0.25, 0.3) is 0 Å². The summed E-state index contributed by atoms with van der Waals surface area (Å²) < 4.78 is 39.3. The molecule has 0 saturated heterocycles. The van der Waals surface area contributed by atoms with Gasteiger partial charge in [-0.3, -0.25) is 9.69 Å². The van der Waals surface area contributed by atoms with Crippen LogP contribution in [0.1, 0.15) is 22.3 Å². The second-order valence-electron chi connectivity index (χ2n) is 6.66.